The van der Waals surface area contributed by atoms with Crippen LogP contribution in [-0.2, 0) is 0 Å². The highest BCUT2D eigenvalue weighted by molar-refractivity contribution is 5.92. The fraction of sp³-hybridized carbons (Fsp3) is 0.250. The molecule has 0 aromatic carbocycles. The van der Waals surface area contributed by atoms with Crippen LogP contribution >= 0.6 is 0 Å². The van der Waals surface area contributed by atoms with Crippen LogP contribution in [0.4, 0.5) is 0 Å². The van der Waals surface area contributed by atoms with Crippen LogP contribution in [0.25, 0.3) is 0 Å². The van der Waals surface area contributed by atoms with Gasteiger partial charge in [-0.25, -0.2) is 0 Å². The third-order valence-corrected chi connectivity index (χ3v) is 1.26. The Labute approximate surface area is 69.7 Å². The molecule has 11 heavy (non-hydrogen) atoms. The minimum atomic E-state index is -2.47. The number of hydrogen-bond donors (Lipinski definition) is 1. The normalized spacial score (nSPS) is 14.5. The molecule has 1 aromatic heterocycles. The molecule has 58 valence electrons. The highest BCUT2D eigenvalue weighted by Gasteiger charge is 2.02. The van der Waals surface area contributed by atoms with Gasteiger partial charge in [0.2, 0.25) is 0 Å². The molecule has 0 spiro atoms. The quantitative estimate of drug-likeness (QED) is 0.647. The molecule has 0 radical (unpaired) electrons. The molecule has 0 atom stereocenters. The highest BCUT2D eigenvalue weighted by atomic mass is 16.1. The fourth-order valence-electron chi connectivity index (χ4n) is 0.724. The van der Waals surface area contributed by atoms with Crippen LogP contribution in [0.1, 0.15) is 20.2 Å². The van der Waals surface area contributed by atoms with Gasteiger partial charge in [0.05, 0.1) is 0 Å². The first-order valence-corrected chi connectivity index (χ1v) is 3.14. The lowest BCUT2D eigenvalue weighted by Gasteiger charge is -1.98. The summed E-state index contributed by atoms with van der Waals surface area (Å²) in [5.74, 6) is -0.686. The summed E-state index contributed by atoms with van der Waals surface area (Å²) >= 11 is 0. The van der Waals surface area contributed by atoms with E-state index in [1.165, 1.54) is 12.3 Å². The van der Waals surface area contributed by atoms with Gasteiger partial charge in [-0.2, -0.15) is 0 Å². The topological polar surface area (TPSA) is 42.0 Å². The second-order valence-electron chi connectivity index (χ2n) is 2.17. The monoisotopic (exact) mass is 153 g/mol. The van der Waals surface area contributed by atoms with Crippen molar-refractivity contribution in [1.82, 2.24) is 10.3 Å². The van der Waals surface area contributed by atoms with E-state index in [4.69, 9.17) is 4.11 Å². The predicted octanol–water partition coefficient (Wildman–Crippen LogP) is 0.750. The van der Waals surface area contributed by atoms with Gasteiger partial charge in [0.25, 0.3) is 5.91 Å². The van der Waals surface area contributed by atoms with Crippen LogP contribution in [0.3, 0.4) is 0 Å². The number of nitrogens with zero attached hydrogens (tertiary/aromatic N) is 1. The van der Waals surface area contributed by atoms with Gasteiger partial charge in [0.1, 0.15) is 5.69 Å². The van der Waals surface area contributed by atoms with E-state index in [9.17, 15) is 4.79 Å². The summed E-state index contributed by atoms with van der Waals surface area (Å²) in [5, 5.41) is 1.86. The van der Waals surface area contributed by atoms with Gasteiger partial charge in [-0.05, 0) is 24.6 Å². The van der Waals surface area contributed by atoms with Crippen molar-refractivity contribution >= 4 is 5.91 Å². The first kappa shape index (κ1) is 4.49. The standard InChI is InChI=1S/C8H10N2O/c1-6-3-4-10-7(5-6)8(11)9-2/h3-5H,1-2H3,(H,9,11)/i2D3. The summed E-state index contributed by atoms with van der Waals surface area (Å²) in [4.78, 5) is 15.0. The number of aromatic nitrogens is 1. The summed E-state index contributed by atoms with van der Waals surface area (Å²) < 4.78 is 20.5. The molecule has 0 unspecified atom stereocenters. The molecule has 1 aromatic rings. The minimum absolute atomic E-state index is 0.112. The number of carbonyl (C=O) groups excluding carboxylic acids is 1. The van der Waals surface area contributed by atoms with E-state index in [1.807, 2.05) is 5.32 Å². The molecule has 3 heteroatoms. The zero-order valence-corrected chi connectivity index (χ0v) is 6.09. The Kier molecular flexibility index (Phi) is 1.28. The van der Waals surface area contributed by atoms with Gasteiger partial charge in [-0.3, -0.25) is 9.78 Å². The van der Waals surface area contributed by atoms with E-state index in [0.717, 1.165) is 5.56 Å². The van der Waals surface area contributed by atoms with E-state index in [0.29, 0.717) is 0 Å². The Hall–Kier alpha value is -1.38. The molecule has 0 aliphatic carbocycles. The van der Waals surface area contributed by atoms with Crippen molar-refractivity contribution in [3.63, 3.8) is 0 Å². The van der Waals surface area contributed by atoms with Gasteiger partial charge in [0, 0.05) is 17.3 Å². The molecular formula is C8H10N2O. The van der Waals surface area contributed by atoms with Crippen molar-refractivity contribution in [2.45, 2.75) is 6.92 Å². The maximum Gasteiger partial charge on any atom is 0.269 e. The van der Waals surface area contributed by atoms with Crippen molar-refractivity contribution in [3.8, 4) is 0 Å². The minimum Gasteiger partial charge on any atom is -0.354 e. The lowest BCUT2D eigenvalue weighted by Crippen LogP contribution is -2.19. The van der Waals surface area contributed by atoms with Crippen molar-refractivity contribution in [1.29, 1.82) is 0 Å². The second-order valence-corrected chi connectivity index (χ2v) is 2.17. The van der Waals surface area contributed by atoms with Crippen LogP contribution in [0.5, 0.6) is 0 Å². The van der Waals surface area contributed by atoms with E-state index in [2.05, 4.69) is 4.98 Å². The molecule has 0 aliphatic rings. The summed E-state index contributed by atoms with van der Waals surface area (Å²) in [5.41, 5.74) is 0.969. The van der Waals surface area contributed by atoms with Crippen LogP contribution < -0.4 is 5.32 Å². The average Bonchev–Trinajstić information content (AvgIpc) is 2.01. The third kappa shape index (κ3) is 1.77. The van der Waals surface area contributed by atoms with Crippen LogP contribution in [0, 0.1) is 6.92 Å². The number of carbonyl (C=O) groups is 1. The molecule has 1 heterocycles. The Bertz CT molecular complexity index is 349. The van der Waals surface area contributed by atoms with Crippen LogP contribution in [0.2, 0.25) is 0 Å². The molecule has 0 fully saturated rings. The number of nitrogens with one attached hydrogen (secondary N) is 1. The van der Waals surface area contributed by atoms with E-state index in [1.54, 1.807) is 13.0 Å². The van der Waals surface area contributed by atoms with Crippen molar-refractivity contribution in [2.24, 2.45) is 0 Å². The van der Waals surface area contributed by atoms with Gasteiger partial charge in [-0.15, -0.1) is 0 Å². The highest BCUT2D eigenvalue weighted by Crippen LogP contribution is 1.98. The van der Waals surface area contributed by atoms with Crippen LogP contribution in [-0.4, -0.2) is 17.9 Å². The number of amides is 1. The Balaban J connectivity index is 2.80. The maximum absolute atomic E-state index is 11.3. The largest absolute Gasteiger partial charge is 0.354 e. The molecule has 0 bridgehead atoms. The van der Waals surface area contributed by atoms with Gasteiger partial charge in [-0.1, -0.05) is 0 Å². The maximum atomic E-state index is 11.3. The average molecular weight is 153 g/mol. The van der Waals surface area contributed by atoms with Crippen molar-refractivity contribution in [2.75, 3.05) is 6.98 Å². The SMILES string of the molecule is [2H]C([2H])([2H])NC(=O)c1cc(C)ccn1. The molecule has 1 N–H and O–H groups in total. The second kappa shape index (κ2) is 3.14. The predicted molar refractivity (Wildman–Crippen MR) is 42.4 cm³/mol. The fourth-order valence-corrected chi connectivity index (χ4v) is 0.724. The zero-order valence-electron chi connectivity index (χ0n) is 9.09. The first-order valence-electron chi connectivity index (χ1n) is 4.64. The van der Waals surface area contributed by atoms with Gasteiger partial charge < -0.3 is 5.32 Å². The third-order valence-electron chi connectivity index (χ3n) is 1.26. The Morgan fingerprint density at radius 3 is 3.27 bits per heavy atom. The van der Waals surface area contributed by atoms with Crippen LogP contribution in [0.15, 0.2) is 18.3 Å². The smallest absolute Gasteiger partial charge is 0.269 e. The molecule has 3 nitrogen and oxygen atoms in total. The summed E-state index contributed by atoms with van der Waals surface area (Å²) in [6.45, 7) is -0.670. The van der Waals surface area contributed by atoms with Crippen molar-refractivity contribution < 1.29 is 8.91 Å². The summed E-state index contributed by atoms with van der Waals surface area (Å²) in [6.07, 6.45) is 1.46. The Morgan fingerprint density at radius 2 is 2.64 bits per heavy atom. The first-order chi connectivity index (χ1) is 6.38. The Morgan fingerprint density at radius 1 is 1.82 bits per heavy atom. The molecule has 0 aliphatic heterocycles. The summed E-state index contributed by atoms with van der Waals surface area (Å²) in [7, 11) is 0. The number of aryl methyl sites for hydroxylation is 1. The van der Waals surface area contributed by atoms with Gasteiger partial charge >= 0.3 is 0 Å². The van der Waals surface area contributed by atoms with E-state index >= 15 is 0 Å². The van der Waals surface area contributed by atoms with Gasteiger partial charge in [0.15, 0.2) is 0 Å². The lowest BCUT2D eigenvalue weighted by atomic mass is 10.2. The molecule has 1 rings (SSSR count). The summed E-state index contributed by atoms with van der Waals surface area (Å²) in [6, 6.07) is 3.26. The number of rotatable bonds is 1. The molecule has 1 amide bonds. The zero-order chi connectivity index (χ0) is 10.8. The lowest BCUT2D eigenvalue weighted by molar-refractivity contribution is 0.0958. The van der Waals surface area contributed by atoms with E-state index < -0.39 is 12.9 Å². The van der Waals surface area contributed by atoms with Crippen molar-refractivity contribution in [3.05, 3.63) is 29.6 Å². The molecular weight excluding hydrogens is 140 g/mol. The van der Waals surface area contributed by atoms with E-state index in [-0.39, 0.29) is 5.69 Å². The molecule has 0 saturated carbocycles. The number of hydrogen-bond acceptors (Lipinski definition) is 2. The molecule has 0 saturated heterocycles. The number of pyridine rings is 1.